The number of nitrogens with one attached hydrogen (secondary N) is 1. The van der Waals surface area contributed by atoms with Crippen LogP contribution in [0.3, 0.4) is 0 Å². The smallest absolute Gasteiger partial charge is 0.331 e. The SMILES string of the molecule is Cc1ccc(C(C)(C)C(=O)Nc2cnn(C(C)(C)C(=O)O)c2)cc1. The van der Waals surface area contributed by atoms with Crippen LogP contribution in [0.15, 0.2) is 36.7 Å². The number of carboxylic acids is 1. The lowest BCUT2D eigenvalue weighted by atomic mass is 9.83. The molecule has 0 aliphatic heterocycles. The highest BCUT2D eigenvalue weighted by Gasteiger charge is 2.32. The average Bonchev–Trinajstić information content (AvgIpc) is 2.96. The maximum atomic E-state index is 12.6. The first-order chi connectivity index (χ1) is 11.0. The van der Waals surface area contributed by atoms with Gasteiger partial charge >= 0.3 is 5.97 Å². The van der Waals surface area contributed by atoms with E-state index in [4.69, 9.17) is 0 Å². The van der Waals surface area contributed by atoms with Crippen LogP contribution in [0.25, 0.3) is 0 Å². The molecule has 2 N–H and O–H groups in total. The topological polar surface area (TPSA) is 84.2 Å². The minimum atomic E-state index is -1.19. The minimum Gasteiger partial charge on any atom is -0.479 e. The Morgan fingerprint density at radius 3 is 2.25 bits per heavy atom. The van der Waals surface area contributed by atoms with E-state index in [1.165, 1.54) is 17.1 Å². The van der Waals surface area contributed by atoms with E-state index in [1.54, 1.807) is 13.8 Å². The zero-order chi connectivity index (χ0) is 18.1. The van der Waals surface area contributed by atoms with Crippen LogP contribution in [-0.4, -0.2) is 26.8 Å². The molecular formula is C18H23N3O3. The third-order valence-electron chi connectivity index (χ3n) is 4.28. The molecule has 0 saturated carbocycles. The van der Waals surface area contributed by atoms with E-state index >= 15 is 0 Å². The normalized spacial score (nSPS) is 12.0. The van der Waals surface area contributed by atoms with Crippen LogP contribution in [-0.2, 0) is 20.5 Å². The first kappa shape index (κ1) is 17.7. The van der Waals surface area contributed by atoms with Crippen molar-refractivity contribution >= 4 is 17.6 Å². The molecule has 1 aromatic heterocycles. The van der Waals surface area contributed by atoms with Gasteiger partial charge in [-0.1, -0.05) is 29.8 Å². The number of hydrogen-bond acceptors (Lipinski definition) is 3. The van der Waals surface area contributed by atoms with E-state index in [0.717, 1.165) is 11.1 Å². The molecule has 1 heterocycles. The second-order valence-corrected chi connectivity index (χ2v) is 6.98. The number of anilines is 1. The van der Waals surface area contributed by atoms with Crippen LogP contribution in [0.2, 0.25) is 0 Å². The predicted octanol–water partition coefficient (Wildman–Crippen LogP) is 2.93. The molecule has 0 bridgehead atoms. The molecule has 6 heteroatoms. The summed E-state index contributed by atoms with van der Waals surface area (Å²) in [4.78, 5) is 23.9. The van der Waals surface area contributed by atoms with E-state index in [2.05, 4.69) is 10.4 Å². The van der Waals surface area contributed by atoms with Gasteiger partial charge in [-0.15, -0.1) is 0 Å². The van der Waals surface area contributed by atoms with E-state index in [9.17, 15) is 14.7 Å². The molecule has 1 aromatic carbocycles. The molecule has 0 radical (unpaired) electrons. The van der Waals surface area contributed by atoms with Gasteiger partial charge in [0.2, 0.25) is 5.91 Å². The van der Waals surface area contributed by atoms with Crippen LogP contribution in [0.5, 0.6) is 0 Å². The fourth-order valence-corrected chi connectivity index (χ4v) is 2.18. The van der Waals surface area contributed by atoms with Crippen LogP contribution in [0, 0.1) is 6.92 Å². The highest BCUT2D eigenvalue weighted by Crippen LogP contribution is 2.26. The summed E-state index contributed by atoms with van der Waals surface area (Å²) in [5.74, 6) is -1.18. The summed E-state index contributed by atoms with van der Waals surface area (Å²) < 4.78 is 1.32. The maximum absolute atomic E-state index is 12.6. The molecule has 2 rings (SSSR count). The van der Waals surface area contributed by atoms with Crippen molar-refractivity contribution < 1.29 is 14.7 Å². The van der Waals surface area contributed by atoms with Crippen molar-refractivity contribution in [3.8, 4) is 0 Å². The summed E-state index contributed by atoms with van der Waals surface area (Å²) in [6, 6.07) is 7.81. The quantitative estimate of drug-likeness (QED) is 0.883. The van der Waals surface area contributed by atoms with Gasteiger partial charge in [0.1, 0.15) is 0 Å². The minimum absolute atomic E-state index is 0.181. The third-order valence-corrected chi connectivity index (χ3v) is 4.28. The Labute approximate surface area is 141 Å². The lowest BCUT2D eigenvalue weighted by Crippen LogP contribution is -2.36. The van der Waals surface area contributed by atoms with E-state index in [1.807, 2.05) is 45.0 Å². The van der Waals surface area contributed by atoms with Gasteiger partial charge in [-0.25, -0.2) is 4.79 Å². The molecule has 0 saturated heterocycles. The van der Waals surface area contributed by atoms with E-state index < -0.39 is 16.9 Å². The molecular weight excluding hydrogens is 306 g/mol. The van der Waals surface area contributed by atoms with Gasteiger partial charge < -0.3 is 10.4 Å². The summed E-state index contributed by atoms with van der Waals surface area (Å²) in [5.41, 5.74) is 0.596. The standard InChI is InChI=1S/C18H23N3O3/c1-12-6-8-13(9-7-12)17(2,3)15(22)20-14-10-19-21(11-14)18(4,5)16(23)24/h6-11H,1-5H3,(H,20,22)(H,23,24). The van der Waals surface area contributed by atoms with Crippen molar-refractivity contribution in [2.24, 2.45) is 0 Å². The number of nitrogens with zero attached hydrogens (tertiary/aromatic N) is 2. The van der Waals surface area contributed by atoms with E-state index in [0.29, 0.717) is 5.69 Å². The second kappa shape index (κ2) is 6.11. The van der Waals surface area contributed by atoms with Gasteiger partial charge in [0.15, 0.2) is 5.54 Å². The van der Waals surface area contributed by atoms with Gasteiger partial charge in [0.05, 0.1) is 17.3 Å². The van der Waals surface area contributed by atoms with Gasteiger partial charge in [0, 0.05) is 6.20 Å². The number of aliphatic carboxylic acids is 1. The largest absolute Gasteiger partial charge is 0.479 e. The molecule has 0 spiro atoms. The number of carbonyl (C=O) groups is 2. The highest BCUT2D eigenvalue weighted by atomic mass is 16.4. The molecule has 1 amide bonds. The fraction of sp³-hybridized carbons (Fsp3) is 0.389. The third kappa shape index (κ3) is 3.32. The molecule has 6 nitrogen and oxygen atoms in total. The van der Waals surface area contributed by atoms with Crippen LogP contribution < -0.4 is 5.32 Å². The van der Waals surface area contributed by atoms with Gasteiger partial charge in [0.25, 0.3) is 0 Å². The van der Waals surface area contributed by atoms with Crippen molar-refractivity contribution in [3.63, 3.8) is 0 Å². The fourth-order valence-electron chi connectivity index (χ4n) is 2.18. The van der Waals surface area contributed by atoms with Crippen LogP contribution >= 0.6 is 0 Å². The highest BCUT2D eigenvalue weighted by molar-refractivity contribution is 5.98. The number of carboxylic acid groups (broad SMARTS) is 1. The van der Waals surface area contributed by atoms with Gasteiger partial charge in [-0.05, 0) is 40.2 Å². The molecule has 0 unspecified atom stereocenters. The molecule has 0 fully saturated rings. The summed E-state index contributed by atoms with van der Waals surface area (Å²) in [7, 11) is 0. The number of carbonyl (C=O) groups excluding carboxylic acids is 1. The monoisotopic (exact) mass is 329 g/mol. The first-order valence-electron chi connectivity index (χ1n) is 7.72. The van der Waals surface area contributed by atoms with Crippen molar-refractivity contribution in [1.82, 2.24) is 9.78 Å². The lowest BCUT2D eigenvalue weighted by Gasteiger charge is -2.24. The number of aryl methyl sites for hydroxylation is 1. The molecule has 24 heavy (non-hydrogen) atoms. The number of benzene rings is 1. The summed E-state index contributed by atoms with van der Waals surface area (Å²) >= 11 is 0. The van der Waals surface area contributed by atoms with Crippen molar-refractivity contribution in [1.29, 1.82) is 0 Å². The van der Waals surface area contributed by atoms with Crippen molar-refractivity contribution in [2.75, 3.05) is 5.32 Å². The molecule has 0 atom stereocenters. The summed E-state index contributed by atoms with van der Waals surface area (Å²) in [6.45, 7) is 8.78. The number of rotatable bonds is 5. The van der Waals surface area contributed by atoms with Gasteiger partial charge in [-0.3, -0.25) is 9.48 Å². The molecule has 128 valence electrons. The number of aromatic nitrogens is 2. The summed E-state index contributed by atoms with van der Waals surface area (Å²) in [6.07, 6.45) is 2.98. The maximum Gasteiger partial charge on any atom is 0.331 e. The Hall–Kier alpha value is -2.63. The Kier molecular flexibility index (Phi) is 4.51. The van der Waals surface area contributed by atoms with Crippen LogP contribution in [0.1, 0.15) is 38.8 Å². The number of hydrogen-bond donors (Lipinski definition) is 2. The Balaban J connectivity index is 2.19. The van der Waals surface area contributed by atoms with Gasteiger partial charge in [-0.2, -0.15) is 5.10 Å². The Morgan fingerprint density at radius 1 is 1.12 bits per heavy atom. The molecule has 0 aliphatic carbocycles. The zero-order valence-corrected chi connectivity index (χ0v) is 14.6. The lowest BCUT2D eigenvalue weighted by molar-refractivity contribution is -0.146. The Morgan fingerprint density at radius 2 is 1.71 bits per heavy atom. The van der Waals surface area contributed by atoms with Crippen molar-refractivity contribution in [3.05, 3.63) is 47.8 Å². The molecule has 0 aliphatic rings. The first-order valence-corrected chi connectivity index (χ1v) is 7.72. The Bertz CT molecular complexity index is 758. The van der Waals surface area contributed by atoms with E-state index in [-0.39, 0.29) is 5.91 Å². The average molecular weight is 329 g/mol. The predicted molar refractivity (Wildman–Crippen MR) is 92.0 cm³/mol. The van der Waals surface area contributed by atoms with Crippen molar-refractivity contribution in [2.45, 2.75) is 45.6 Å². The van der Waals surface area contributed by atoms with Crippen LogP contribution in [0.4, 0.5) is 5.69 Å². The zero-order valence-electron chi connectivity index (χ0n) is 14.6. The second-order valence-electron chi connectivity index (χ2n) is 6.98. The summed E-state index contributed by atoms with van der Waals surface area (Å²) in [5, 5.41) is 16.1. The number of amides is 1. The molecule has 2 aromatic rings.